The van der Waals surface area contributed by atoms with Gasteiger partial charge in [0.1, 0.15) is 11.6 Å². The van der Waals surface area contributed by atoms with E-state index in [-0.39, 0.29) is 49.1 Å². The summed E-state index contributed by atoms with van der Waals surface area (Å²) in [6, 6.07) is 7.55. The monoisotopic (exact) mass is 458 g/mol. The Labute approximate surface area is 185 Å². The van der Waals surface area contributed by atoms with Crippen molar-refractivity contribution in [2.75, 3.05) is 33.7 Å². The number of phenolic OH excluding ortho intramolecular Hbond substituents is 1. The molecule has 2 aromatic rings. The van der Waals surface area contributed by atoms with Crippen molar-refractivity contribution in [1.29, 1.82) is 0 Å². The lowest BCUT2D eigenvalue weighted by molar-refractivity contribution is -0.141. The Morgan fingerprint density at radius 1 is 1.16 bits per heavy atom. The van der Waals surface area contributed by atoms with E-state index >= 15 is 0 Å². The molecule has 1 aliphatic rings. The van der Waals surface area contributed by atoms with Crippen molar-refractivity contribution in [1.82, 2.24) is 9.80 Å². The Morgan fingerprint density at radius 2 is 1.84 bits per heavy atom. The summed E-state index contributed by atoms with van der Waals surface area (Å²) in [6.45, 7) is 0.879. The van der Waals surface area contributed by atoms with Gasteiger partial charge < -0.3 is 20.0 Å². The smallest absolute Gasteiger partial charge is 0.227 e. The topological polar surface area (TPSA) is 64.0 Å². The van der Waals surface area contributed by atoms with Gasteiger partial charge in [-0.15, -0.1) is 12.4 Å². The van der Waals surface area contributed by atoms with Crippen molar-refractivity contribution < 1.29 is 28.2 Å². The number of piperidine rings is 1. The minimum absolute atomic E-state index is 0. The molecule has 1 fully saturated rings. The van der Waals surface area contributed by atoms with Crippen molar-refractivity contribution in [3.8, 4) is 5.75 Å². The maximum Gasteiger partial charge on any atom is 0.227 e. The van der Waals surface area contributed by atoms with Gasteiger partial charge >= 0.3 is 0 Å². The molecule has 3 rings (SSSR count). The average Bonchev–Trinajstić information content (AvgIpc) is 2.67. The SMILES string of the molecule is CN(C)C[C@@H]1CN(C(=O)Cc2cc(F)c(F)cc2F)CC[C@@]1(O)c1cccc(O)c1.Cl. The number of benzene rings is 2. The number of aliphatic hydroxyl groups is 1. The van der Waals surface area contributed by atoms with Crippen LogP contribution in [-0.4, -0.2) is 59.6 Å². The van der Waals surface area contributed by atoms with Crippen LogP contribution in [0.25, 0.3) is 0 Å². The average molecular weight is 459 g/mol. The first-order valence-electron chi connectivity index (χ1n) is 9.68. The van der Waals surface area contributed by atoms with E-state index in [2.05, 4.69) is 0 Å². The van der Waals surface area contributed by atoms with Gasteiger partial charge in [0.15, 0.2) is 11.6 Å². The third-order valence-corrected chi connectivity index (χ3v) is 5.59. The fraction of sp³-hybridized carbons (Fsp3) is 0.409. The molecule has 1 aliphatic heterocycles. The Hall–Kier alpha value is -2.29. The summed E-state index contributed by atoms with van der Waals surface area (Å²) in [5.74, 6) is -4.24. The van der Waals surface area contributed by atoms with Crippen LogP contribution in [-0.2, 0) is 16.8 Å². The second-order valence-electron chi connectivity index (χ2n) is 8.06. The summed E-state index contributed by atoms with van der Waals surface area (Å²) in [7, 11) is 3.70. The molecule has 0 spiro atoms. The van der Waals surface area contributed by atoms with Gasteiger partial charge in [-0.3, -0.25) is 4.79 Å². The van der Waals surface area contributed by atoms with Crippen LogP contribution < -0.4 is 0 Å². The van der Waals surface area contributed by atoms with Crippen LogP contribution in [0.4, 0.5) is 13.2 Å². The van der Waals surface area contributed by atoms with Crippen LogP contribution >= 0.6 is 12.4 Å². The first-order valence-corrected chi connectivity index (χ1v) is 9.68. The van der Waals surface area contributed by atoms with Gasteiger partial charge in [0.2, 0.25) is 5.91 Å². The van der Waals surface area contributed by atoms with E-state index in [1.54, 1.807) is 12.1 Å². The first kappa shape index (κ1) is 25.0. The lowest BCUT2D eigenvalue weighted by Crippen LogP contribution is -2.54. The Morgan fingerprint density at radius 3 is 2.48 bits per heavy atom. The molecule has 0 aromatic heterocycles. The van der Waals surface area contributed by atoms with Crippen molar-refractivity contribution in [2.24, 2.45) is 5.92 Å². The lowest BCUT2D eigenvalue weighted by atomic mass is 9.75. The minimum atomic E-state index is -1.30. The van der Waals surface area contributed by atoms with Gasteiger partial charge in [0, 0.05) is 37.2 Å². The molecule has 170 valence electrons. The molecule has 0 bridgehead atoms. The summed E-state index contributed by atoms with van der Waals surface area (Å²) in [6.07, 6.45) is -0.177. The van der Waals surface area contributed by atoms with Gasteiger partial charge in [-0.05, 0) is 44.3 Å². The van der Waals surface area contributed by atoms with Crippen molar-refractivity contribution in [3.05, 3.63) is 65.0 Å². The summed E-state index contributed by atoms with van der Waals surface area (Å²) < 4.78 is 40.5. The van der Waals surface area contributed by atoms with Gasteiger partial charge in [0.25, 0.3) is 0 Å². The zero-order valence-electron chi connectivity index (χ0n) is 17.3. The van der Waals surface area contributed by atoms with E-state index in [1.165, 1.54) is 17.0 Å². The molecule has 1 heterocycles. The van der Waals surface area contributed by atoms with E-state index in [0.29, 0.717) is 24.2 Å². The van der Waals surface area contributed by atoms with Gasteiger partial charge in [-0.25, -0.2) is 13.2 Å². The molecule has 0 saturated carbocycles. The second-order valence-corrected chi connectivity index (χ2v) is 8.06. The quantitative estimate of drug-likeness (QED) is 0.676. The number of aromatic hydroxyl groups is 1. The lowest BCUT2D eigenvalue weighted by Gasteiger charge is -2.46. The van der Waals surface area contributed by atoms with E-state index in [1.807, 2.05) is 19.0 Å². The van der Waals surface area contributed by atoms with Crippen molar-refractivity contribution in [2.45, 2.75) is 18.4 Å². The van der Waals surface area contributed by atoms with Crippen LogP contribution in [0.2, 0.25) is 0 Å². The maximum absolute atomic E-state index is 13.9. The molecule has 2 atom stereocenters. The van der Waals surface area contributed by atoms with Crippen molar-refractivity contribution >= 4 is 18.3 Å². The standard InChI is InChI=1S/C22H25F3N2O3.ClH/c1-26(2)12-16-13-27(7-6-22(16,30)15-4-3-5-17(28)10-15)21(29)9-14-8-19(24)20(25)11-18(14)23;/h3-5,8,10-11,16,28,30H,6-7,9,12-13H2,1-2H3;1H/t16-,22-;/m1./s1. The molecule has 1 saturated heterocycles. The highest BCUT2D eigenvalue weighted by molar-refractivity contribution is 5.85. The van der Waals surface area contributed by atoms with Crippen LogP contribution in [0.15, 0.2) is 36.4 Å². The fourth-order valence-electron chi connectivity index (χ4n) is 4.02. The number of likely N-dealkylation sites (tertiary alicyclic amines) is 1. The molecule has 0 radical (unpaired) electrons. The molecule has 0 aliphatic carbocycles. The molecule has 1 amide bonds. The molecule has 9 heteroatoms. The maximum atomic E-state index is 13.9. The summed E-state index contributed by atoms with van der Waals surface area (Å²) >= 11 is 0. The highest BCUT2D eigenvalue weighted by Gasteiger charge is 2.44. The van der Waals surface area contributed by atoms with Gasteiger partial charge in [-0.1, -0.05) is 12.1 Å². The van der Waals surface area contributed by atoms with E-state index in [9.17, 15) is 28.2 Å². The zero-order chi connectivity index (χ0) is 22.1. The van der Waals surface area contributed by atoms with Crippen LogP contribution in [0.5, 0.6) is 5.75 Å². The summed E-state index contributed by atoms with van der Waals surface area (Å²) in [4.78, 5) is 16.2. The number of rotatable bonds is 5. The second kappa shape index (κ2) is 9.89. The number of hydrogen-bond acceptors (Lipinski definition) is 4. The Kier molecular flexibility index (Phi) is 7.97. The third-order valence-electron chi connectivity index (χ3n) is 5.59. The number of carbonyl (C=O) groups excluding carboxylic acids is 1. The predicted molar refractivity (Wildman–Crippen MR) is 113 cm³/mol. The zero-order valence-corrected chi connectivity index (χ0v) is 18.1. The number of carbonyl (C=O) groups is 1. The largest absolute Gasteiger partial charge is 0.508 e. The summed E-state index contributed by atoms with van der Waals surface area (Å²) in [5.41, 5.74) is -0.905. The predicted octanol–water partition coefficient (Wildman–Crippen LogP) is 3.07. The number of halogens is 4. The van der Waals surface area contributed by atoms with Crippen LogP contribution in [0, 0.1) is 23.4 Å². The molecule has 31 heavy (non-hydrogen) atoms. The molecule has 2 aromatic carbocycles. The van der Waals surface area contributed by atoms with E-state index in [0.717, 1.165) is 0 Å². The Balaban J connectivity index is 0.00000341. The molecule has 0 unspecified atom stereocenters. The fourth-order valence-corrected chi connectivity index (χ4v) is 4.02. The third kappa shape index (κ3) is 5.50. The van der Waals surface area contributed by atoms with Crippen molar-refractivity contribution in [3.63, 3.8) is 0 Å². The van der Waals surface area contributed by atoms with Gasteiger partial charge in [-0.2, -0.15) is 0 Å². The Bertz CT molecular complexity index is 944. The minimum Gasteiger partial charge on any atom is -0.508 e. The molecular weight excluding hydrogens is 433 g/mol. The molecular formula is C22H26ClF3N2O3. The number of phenols is 1. The van der Waals surface area contributed by atoms with Crippen LogP contribution in [0.1, 0.15) is 17.5 Å². The molecule has 2 N–H and O–H groups in total. The number of nitrogens with zero attached hydrogens (tertiary/aromatic N) is 2. The number of hydrogen-bond donors (Lipinski definition) is 2. The highest BCUT2D eigenvalue weighted by Crippen LogP contribution is 2.39. The first-order chi connectivity index (χ1) is 14.1. The summed E-state index contributed by atoms with van der Waals surface area (Å²) in [5, 5.41) is 21.3. The van der Waals surface area contributed by atoms with E-state index in [4.69, 9.17) is 0 Å². The number of amides is 1. The van der Waals surface area contributed by atoms with E-state index < -0.39 is 35.4 Å². The normalized spacial score (nSPS) is 21.1. The van der Waals surface area contributed by atoms with Crippen LogP contribution in [0.3, 0.4) is 0 Å². The molecule has 5 nitrogen and oxygen atoms in total. The van der Waals surface area contributed by atoms with Gasteiger partial charge in [0.05, 0.1) is 12.0 Å². The highest BCUT2D eigenvalue weighted by atomic mass is 35.5.